The van der Waals surface area contributed by atoms with Crippen LogP contribution in [0.5, 0.6) is 0 Å². The van der Waals surface area contributed by atoms with E-state index < -0.39 is 9.84 Å². The van der Waals surface area contributed by atoms with Gasteiger partial charge in [-0.15, -0.1) is 0 Å². The summed E-state index contributed by atoms with van der Waals surface area (Å²) in [5, 5.41) is 0. The molecule has 4 nitrogen and oxygen atoms in total. The van der Waals surface area contributed by atoms with Crippen LogP contribution in [-0.4, -0.2) is 42.9 Å². The molecule has 2 N–H and O–H groups in total. The molecule has 1 aromatic carbocycles. The number of hydrogen-bond acceptors (Lipinski definition) is 4. The molecule has 1 aliphatic heterocycles. The zero-order chi connectivity index (χ0) is 14.0. The third-order valence-electron chi connectivity index (χ3n) is 3.16. The Morgan fingerprint density at radius 1 is 1.37 bits per heavy atom. The molecular weight excluding hydrogens is 287 g/mol. The summed E-state index contributed by atoms with van der Waals surface area (Å²) < 4.78 is 36.0. The Balaban J connectivity index is 2.15. The Labute approximate surface area is 117 Å². The van der Waals surface area contributed by atoms with Crippen molar-refractivity contribution in [1.29, 1.82) is 0 Å². The lowest BCUT2D eigenvalue weighted by atomic mass is 10.1. The van der Waals surface area contributed by atoms with Gasteiger partial charge in [0.15, 0.2) is 9.84 Å². The largest absolute Gasteiger partial charge is 0.389 e. The topological polar surface area (TPSA) is 63.4 Å². The zero-order valence-electron chi connectivity index (χ0n) is 10.3. The van der Waals surface area contributed by atoms with Crippen LogP contribution in [0.3, 0.4) is 0 Å². The van der Waals surface area contributed by atoms with Crippen LogP contribution < -0.4 is 5.73 Å². The molecule has 1 fully saturated rings. The molecule has 1 aliphatic rings. The summed E-state index contributed by atoms with van der Waals surface area (Å²) >= 11 is 4.94. The Morgan fingerprint density at radius 2 is 2.00 bits per heavy atom. The molecule has 7 heteroatoms. The second-order valence-corrected chi connectivity index (χ2v) is 7.34. The van der Waals surface area contributed by atoms with E-state index in [1.54, 1.807) is 6.07 Å². The maximum absolute atomic E-state index is 13.3. The third kappa shape index (κ3) is 3.71. The van der Waals surface area contributed by atoms with Crippen molar-refractivity contribution in [2.24, 2.45) is 5.73 Å². The summed E-state index contributed by atoms with van der Waals surface area (Å²) in [6.07, 6.45) is 0. The Bertz CT molecular complexity index is 588. The minimum Gasteiger partial charge on any atom is -0.389 e. The fraction of sp³-hybridized carbons (Fsp3) is 0.417. The maximum Gasteiger partial charge on any atom is 0.152 e. The van der Waals surface area contributed by atoms with Crippen LogP contribution in [0.2, 0.25) is 0 Å². The highest BCUT2D eigenvalue weighted by molar-refractivity contribution is 7.91. The van der Waals surface area contributed by atoms with Gasteiger partial charge >= 0.3 is 0 Å². The number of thiocarbonyl (C=S) groups is 1. The molecule has 1 heterocycles. The van der Waals surface area contributed by atoms with Gasteiger partial charge in [0.2, 0.25) is 0 Å². The first-order valence-corrected chi connectivity index (χ1v) is 8.11. The molecule has 19 heavy (non-hydrogen) atoms. The number of rotatable bonds is 3. The second-order valence-electron chi connectivity index (χ2n) is 4.59. The zero-order valence-corrected chi connectivity index (χ0v) is 11.9. The number of sulfone groups is 1. The Hall–Kier alpha value is -1.05. The van der Waals surface area contributed by atoms with Crippen LogP contribution in [0, 0.1) is 5.82 Å². The number of benzene rings is 1. The van der Waals surface area contributed by atoms with Crippen LogP contribution in [0.25, 0.3) is 0 Å². The molecule has 1 saturated heterocycles. The van der Waals surface area contributed by atoms with Crippen molar-refractivity contribution in [2.45, 2.75) is 6.54 Å². The standard InChI is InChI=1S/C12H15FN2O2S2/c13-10-1-2-11(12(14)18)9(7-10)8-15-3-5-19(16,17)6-4-15/h1-2,7H,3-6,8H2,(H2,14,18). The minimum atomic E-state index is -2.91. The SMILES string of the molecule is NC(=S)c1ccc(F)cc1CN1CCS(=O)(=O)CC1. The Morgan fingerprint density at radius 3 is 2.58 bits per heavy atom. The van der Waals surface area contributed by atoms with Crippen molar-refractivity contribution in [3.05, 3.63) is 35.1 Å². The van der Waals surface area contributed by atoms with Gasteiger partial charge in [-0.2, -0.15) is 0 Å². The first-order chi connectivity index (χ1) is 8.87. The molecule has 0 radical (unpaired) electrons. The molecule has 104 valence electrons. The lowest BCUT2D eigenvalue weighted by Crippen LogP contribution is -2.40. The van der Waals surface area contributed by atoms with Crippen LogP contribution >= 0.6 is 12.2 Å². The molecule has 2 rings (SSSR count). The molecule has 0 bridgehead atoms. The normalized spacial score (nSPS) is 19.2. The molecule has 0 aromatic heterocycles. The van der Waals surface area contributed by atoms with Crippen molar-refractivity contribution in [3.63, 3.8) is 0 Å². The van der Waals surface area contributed by atoms with E-state index in [0.29, 0.717) is 30.8 Å². The molecule has 0 aliphatic carbocycles. The first-order valence-electron chi connectivity index (χ1n) is 5.88. The third-order valence-corrected chi connectivity index (χ3v) is 4.99. The number of nitrogens with zero attached hydrogens (tertiary/aromatic N) is 1. The van der Waals surface area contributed by atoms with Crippen molar-refractivity contribution in [3.8, 4) is 0 Å². The molecule has 0 unspecified atom stereocenters. The van der Waals surface area contributed by atoms with Gasteiger partial charge in [-0.3, -0.25) is 4.90 Å². The van der Waals surface area contributed by atoms with E-state index in [0.717, 1.165) is 0 Å². The van der Waals surface area contributed by atoms with Crippen molar-refractivity contribution >= 4 is 27.0 Å². The fourth-order valence-electron chi connectivity index (χ4n) is 2.08. The number of halogens is 1. The van der Waals surface area contributed by atoms with E-state index in [1.165, 1.54) is 12.1 Å². The van der Waals surface area contributed by atoms with E-state index in [9.17, 15) is 12.8 Å². The van der Waals surface area contributed by atoms with Crippen LogP contribution in [0.4, 0.5) is 4.39 Å². The van der Waals surface area contributed by atoms with E-state index in [4.69, 9.17) is 18.0 Å². The van der Waals surface area contributed by atoms with Crippen LogP contribution in [-0.2, 0) is 16.4 Å². The predicted molar refractivity (Wildman–Crippen MR) is 76.2 cm³/mol. The first kappa shape index (κ1) is 14.4. The average Bonchev–Trinajstić information content (AvgIpc) is 2.31. The lowest BCUT2D eigenvalue weighted by Gasteiger charge is -2.27. The van der Waals surface area contributed by atoms with Crippen molar-refractivity contribution in [2.75, 3.05) is 24.6 Å². The van der Waals surface area contributed by atoms with Gasteiger partial charge in [0, 0.05) is 25.2 Å². The highest BCUT2D eigenvalue weighted by Gasteiger charge is 2.22. The summed E-state index contributed by atoms with van der Waals surface area (Å²) in [5.74, 6) is -0.0604. The van der Waals surface area contributed by atoms with Gasteiger partial charge in [0.25, 0.3) is 0 Å². The lowest BCUT2D eigenvalue weighted by molar-refractivity contribution is 0.287. The van der Waals surface area contributed by atoms with Crippen molar-refractivity contribution in [1.82, 2.24) is 4.90 Å². The summed E-state index contributed by atoms with van der Waals surface area (Å²) in [7, 11) is -2.91. The fourth-order valence-corrected chi connectivity index (χ4v) is 3.56. The summed E-state index contributed by atoms with van der Waals surface area (Å²) in [5.41, 5.74) is 6.95. The second kappa shape index (κ2) is 5.52. The minimum absolute atomic E-state index is 0.144. The molecule has 0 saturated carbocycles. The number of hydrogen-bond donors (Lipinski definition) is 1. The van der Waals surface area contributed by atoms with Gasteiger partial charge in [-0.25, -0.2) is 12.8 Å². The van der Waals surface area contributed by atoms with Gasteiger partial charge in [-0.1, -0.05) is 12.2 Å². The van der Waals surface area contributed by atoms with Crippen LogP contribution in [0.1, 0.15) is 11.1 Å². The molecule has 1 aromatic rings. The van der Waals surface area contributed by atoms with E-state index >= 15 is 0 Å². The van der Waals surface area contributed by atoms with Gasteiger partial charge in [0.1, 0.15) is 10.8 Å². The molecule has 0 atom stereocenters. The maximum atomic E-state index is 13.3. The highest BCUT2D eigenvalue weighted by atomic mass is 32.2. The smallest absolute Gasteiger partial charge is 0.152 e. The van der Waals surface area contributed by atoms with Gasteiger partial charge in [0.05, 0.1) is 11.5 Å². The predicted octanol–water partition coefficient (Wildman–Crippen LogP) is 0.690. The van der Waals surface area contributed by atoms with E-state index in [-0.39, 0.29) is 22.3 Å². The summed E-state index contributed by atoms with van der Waals surface area (Å²) in [6, 6.07) is 4.28. The quantitative estimate of drug-likeness (QED) is 0.832. The average molecular weight is 302 g/mol. The van der Waals surface area contributed by atoms with Crippen LogP contribution in [0.15, 0.2) is 18.2 Å². The molecular formula is C12H15FN2O2S2. The monoisotopic (exact) mass is 302 g/mol. The highest BCUT2D eigenvalue weighted by Crippen LogP contribution is 2.16. The molecule has 0 spiro atoms. The van der Waals surface area contributed by atoms with Gasteiger partial charge < -0.3 is 5.73 Å². The summed E-state index contributed by atoms with van der Waals surface area (Å²) in [4.78, 5) is 2.19. The van der Waals surface area contributed by atoms with E-state index in [2.05, 4.69) is 0 Å². The molecule has 0 amide bonds. The van der Waals surface area contributed by atoms with Gasteiger partial charge in [-0.05, 0) is 23.8 Å². The summed E-state index contributed by atoms with van der Waals surface area (Å²) in [6.45, 7) is 1.37. The van der Waals surface area contributed by atoms with Crippen molar-refractivity contribution < 1.29 is 12.8 Å². The van der Waals surface area contributed by atoms with E-state index in [1.807, 2.05) is 4.90 Å². The number of nitrogens with two attached hydrogens (primary N) is 1. The Kier molecular flexibility index (Phi) is 4.17.